The molecule has 1 amide bonds. The number of methoxy groups -OCH3 is 2. The first-order valence-electron chi connectivity index (χ1n) is 4.93. The molecule has 1 rings (SSSR count). The molecule has 0 saturated heterocycles. The van der Waals surface area contributed by atoms with Crippen molar-refractivity contribution in [3.05, 3.63) is 23.8 Å². The van der Waals surface area contributed by atoms with Gasteiger partial charge in [0.05, 0.1) is 25.5 Å². The van der Waals surface area contributed by atoms with Gasteiger partial charge in [0.15, 0.2) is 0 Å². The Hall–Kier alpha value is -1.34. The van der Waals surface area contributed by atoms with E-state index in [0.717, 1.165) is 0 Å². The predicted molar refractivity (Wildman–Crippen MR) is 74.7 cm³/mol. The van der Waals surface area contributed by atoms with Crippen LogP contribution in [0.15, 0.2) is 18.2 Å². The summed E-state index contributed by atoms with van der Waals surface area (Å²) in [5.41, 5.74) is 0.668. The first kappa shape index (κ1) is 14.7. The topological polar surface area (TPSA) is 64.6 Å². The van der Waals surface area contributed by atoms with Crippen LogP contribution in [0.4, 0.5) is 5.69 Å². The Morgan fingerprint density at radius 1 is 1.28 bits per heavy atom. The fourth-order valence-corrected chi connectivity index (χ4v) is 1.38. The number of hydrogen-bond acceptors (Lipinski definition) is 6. The van der Waals surface area contributed by atoms with E-state index >= 15 is 0 Å². The summed E-state index contributed by atoms with van der Waals surface area (Å²) >= 11 is 7.78. The van der Waals surface area contributed by atoms with E-state index in [9.17, 15) is 9.59 Å². The Kier molecular flexibility index (Phi) is 5.36. The van der Waals surface area contributed by atoms with Crippen LogP contribution < -0.4 is 10.1 Å². The Labute approximate surface area is 116 Å². The molecule has 1 aromatic carbocycles. The monoisotopic (exact) mass is 287 g/mol. The molecular weight excluding hydrogens is 274 g/mol. The maximum Gasteiger partial charge on any atom is 0.337 e. The minimum absolute atomic E-state index is 0.309. The quantitative estimate of drug-likeness (QED) is 0.447. The van der Waals surface area contributed by atoms with E-state index in [0.29, 0.717) is 17.0 Å². The molecule has 5 nitrogen and oxygen atoms in total. The van der Waals surface area contributed by atoms with Crippen LogP contribution in [0.2, 0.25) is 0 Å². The van der Waals surface area contributed by atoms with Crippen molar-refractivity contribution in [3.8, 4) is 5.75 Å². The van der Waals surface area contributed by atoms with Crippen LogP contribution in [0.25, 0.3) is 0 Å². The number of thiol groups is 2. The Morgan fingerprint density at radius 2 is 1.94 bits per heavy atom. The SMILES string of the molecule is COC(=O)c1ccc(OC)c(NC(=O)C(S)S)c1. The smallest absolute Gasteiger partial charge is 0.337 e. The number of ether oxygens (including phenoxy) is 2. The zero-order chi connectivity index (χ0) is 13.7. The summed E-state index contributed by atoms with van der Waals surface area (Å²) in [5, 5.41) is 2.56. The largest absolute Gasteiger partial charge is 0.495 e. The number of amides is 1. The number of esters is 1. The van der Waals surface area contributed by atoms with Gasteiger partial charge in [0.1, 0.15) is 10.3 Å². The van der Waals surface area contributed by atoms with Gasteiger partial charge in [-0.3, -0.25) is 4.79 Å². The highest BCUT2D eigenvalue weighted by Gasteiger charge is 2.14. The van der Waals surface area contributed by atoms with Gasteiger partial charge >= 0.3 is 5.97 Å². The molecule has 0 fully saturated rings. The number of anilines is 1. The van der Waals surface area contributed by atoms with E-state index in [1.807, 2.05) is 0 Å². The second-order valence-corrected chi connectivity index (χ2v) is 4.71. The van der Waals surface area contributed by atoms with Crippen LogP contribution in [0.1, 0.15) is 10.4 Å². The fraction of sp³-hybridized carbons (Fsp3) is 0.273. The van der Waals surface area contributed by atoms with E-state index in [-0.39, 0.29) is 0 Å². The van der Waals surface area contributed by atoms with Crippen molar-refractivity contribution in [2.45, 2.75) is 4.58 Å². The van der Waals surface area contributed by atoms with Gasteiger partial charge in [-0.25, -0.2) is 4.79 Å². The van der Waals surface area contributed by atoms with Gasteiger partial charge < -0.3 is 14.8 Å². The number of carbonyl (C=O) groups is 2. The normalized spacial score (nSPS) is 10.1. The highest BCUT2D eigenvalue weighted by molar-refractivity contribution is 8.00. The zero-order valence-electron chi connectivity index (χ0n) is 9.84. The zero-order valence-corrected chi connectivity index (χ0v) is 11.6. The van der Waals surface area contributed by atoms with Gasteiger partial charge in [-0.15, -0.1) is 0 Å². The molecule has 0 spiro atoms. The highest BCUT2D eigenvalue weighted by Crippen LogP contribution is 2.26. The maximum absolute atomic E-state index is 11.5. The number of hydrogen-bond donors (Lipinski definition) is 3. The molecule has 0 aliphatic carbocycles. The number of nitrogens with one attached hydrogen (secondary N) is 1. The first-order chi connectivity index (χ1) is 8.49. The molecule has 0 aliphatic rings. The number of benzene rings is 1. The van der Waals surface area contributed by atoms with Gasteiger partial charge in [0, 0.05) is 0 Å². The van der Waals surface area contributed by atoms with Crippen LogP contribution in [0.5, 0.6) is 5.75 Å². The highest BCUT2D eigenvalue weighted by atomic mass is 32.2. The van der Waals surface area contributed by atoms with E-state index in [1.54, 1.807) is 12.1 Å². The summed E-state index contributed by atoms with van der Waals surface area (Å²) in [6.45, 7) is 0. The minimum atomic E-state index is -0.767. The maximum atomic E-state index is 11.5. The van der Waals surface area contributed by atoms with Crippen molar-refractivity contribution in [1.29, 1.82) is 0 Å². The van der Waals surface area contributed by atoms with E-state index in [4.69, 9.17) is 4.74 Å². The molecule has 1 N–H and O–H groups in total. The molecule has 0 atom stereocenters. The third-order valence-corrected chi connectivity index (χ3v) is 2.58. The molecule has 0 aromatic heterocycles. The molecule has 0 heterocycles. The second-order valence-electron chi connectivity index (χ2n) is 3.27. The molecule has 98 valence electrons. The lowest BCUT2D eigenvalue weighted by molar-refractivity contribution is -0.114. The number of rotatable bonds is 4. The van der Waals surface area contributed by atoms with Crippen LogP contribution in [-0.2, 0) is 9.53 Å². The van der Waals surface area contributed by atoms with Crippen LogP contribution >= 0.6 is 25.3 Å². The molecule has 0 aliphatic heterocycles. The molecular formula is C11H13NO4S2. The van der Waals surface area contributed by atoms with Crippen molar-refractivity contribution in [2.24, 2.45) is 0 Å². The number of carbonyl (C=O) groups excluding carboxylic acids is 2. The van der Waals surface area contributed by atoms with E-state index in [1.165, 1.54) is 20.3 Å². The summed E-state index contributed by atoms with van der Waals surface area (Å²) in [5.74, 6) is -0.484. The van der Waals surface area contributed by atoms with Gasteiger partial charge in [-0.05, 0) is 18.2 Å². The molecule has 7 heteroatoms. The van der Waals surface area contributed by atoms with Crippen molar-refractivity contribution in [2.75, 3.05) is 19.5 Å². The van der Waals surface area contributed by atoms with Crippen molar-refractivity contribution in [3.63, 3.8) is 0 Å². The lowest BCUT2D eigenvalue weighted by atomic mass is 10.2. The van der Waals surface area contributed by atoms with Crippen molar-refractivity contribution < 1.29 is 19.1 Å². The Bertz CT molecular complexity index is 462. The summed E-state index contributed by atoms with van der Waals surface area (Å²) in [7, 11) is 2.74. The Morgan fingerprint density at radius 3 is 2.44 bits per heavy atom. The van der Waals surface area contributed by atoms with Crippen LogP contribution in [0.3, 0.4) is 0 Å². The summed E-state index contributed by atoms with van der Waals surface area (Å²) in [6, 6.07) is 4.57. The average molecular weight is 287 g/mol. The third kappa shape index (κ3) is 3.58. The Balaban J connectivity index is 3.06. The summed E-state index contributed by atoms with van der Waals surface area (Å²) in [4.78, 5) is 22.9. The second kappa shape index (κ2) is 6.55. The van der Waals surface area contributed by atoms with Crippen LogP contribution in [0, 0.1) is 0 Å². The molecule has 18 heavy (non-hydrogen) atoms. The van der Waals surface area contributed by atoms with Gasteiger partial charge in [0.2, 0.25) is 5.91 Å². The fourth-order valence-electron chi connectivity index (χ4n) is 1.25. The third-order valence-electron chi connectivity index (χ3n) is 2.11. The van der Waals surface area contributed by atoms with Crippen molar-refractivity contribution >= 4 is 42.8 Å². The summed E-state index contributed by atoms with van der Waals surface area (Å²) in [6.07, 6.45) is 0. The molecule has 0 saturated carbocycles. The standard InChI is InChI=1S/C11H13NO4S2/c1-15-8-4-3-6(10(14)16-2)5-7(8)12-9(13)11(17)18/h3-5,11,17-18H,1-2H3,(H,12,13). The predicted octanol–water partition coefficient (Wildman–Crippen LogP) is 1.61. The van der Waals surface area contributed by atoms with Crippen molar-refractivity contribution in [1.82, 2.24) is 0 Å². The summed E-state index contributed by atoms with van der Waals surface area (Å²) < 4.78 is 8.91. The lowest BCUT2D eigenvalue weighted by Crippen LogP contribution is -2.19. The average Bonchev–Trinajstić information content (AvgIpc) is 2.37. The van der Waals surface area contributed by atoms with E-state index < -0.39 is 16.5 Å². The van der Waals surface area contributed by atoms with Crippen LogP contribution in [-0.4, -0.2) is 30.7 Å². The lowest BCUT2D eigenvalue weighted by Gasteiger charge is -2.12. The van der Waals surface area contributed by atoms with Gasteiger partial charge in [0.25, 0.3) is 0 Å². The van der Waals surface area contributed by atoms with Gasteiger partial charge in [-0.2, -0.15) is 25.3 Å². The molecule has 1 aromatic rings. The van der Waals surface area contributed by atoms with Gasteiger partial charge in [-0.1, -0.05) is 0 Å². The molecule has 0 unspecified atom stereocenters. The minimum Gasteiger partial charge on any atom is -0.495 e. The first-order valence-corrected chi connectivity index (χ1v) is 5.96. The molecule has 0 bridgehead atoms. The molecule has 0 radical (unpaired) electrons. The van der Waals surface area contributed by atoms with E-state index in [2.05, 4.69) is 35.3 Å².